The highest BCUT2D eigenvalue weighted by Gasteiger charge is 2.04. The average Bonchev–Trinajstić information content (AvgIpc) is 2.36. The molecule has 0 aliphatic carbocycles. The van der Waals surface area contributed by atoms with E-state index in [-0.39, 0.29) is 12.5 Å². The molecule has 0 saturated carbocycles. The molecule has 5 heteroatoms. The van der Waals surface area contributed by atoms with Crippen molar-refractivity contribution in [1.29, 1.82) is 0 Å². The summed E-state index contributed by atoms with van der Waals surface area (Å²) in [6, 6.07) is 12.9. The highest BCUT2D eigenvalue weighted by molar-refractivity contribution is 9.10. The van der Waals surface area contributed by atoms with E-state index < -0.39 is 5.82 Å². The van der Waals surface area contributed by atoms with Gasteiger partial charge in [0.1, 0.15) is 11.6 Å². The zero-order valence-electron chi connectivity index (χ0n) is 9.90. The summed E-state index contributed by atoms with van der Waals surface area (Å²) in [5.74, 6) is -0.153. The van der Waals surface area contributed by atoms with E-state index in [1.807, 2.05) is 12.1 Å². The van der Waals surface area contributed by atoms with Crippen LogP contribution in [0.4, 0.5) is 10.1 Å². The SMILES string of the molecule is O=C(COc1cccc(Br)c1)Nc1cccc(F)c1. The molecular weight excluding hydrogens is 313 g/mol. The Morgan fingerprint density at radius 2 is 2.00 bits per heavy atom. The maximum absolute atomic E-state index is 12.9. The molecule has 0 unspecified atom stereocenters. The van der Waals surface area contributed by atoms with Gasteiger partial charge in [0.05, 0.1) is 0 Å². The lowest BCUT2D eigenvalue weighted by Gasteiger charge is -2.07. The van der Waals surface area contributed by atoms with Crippen molar-refractivity contribution in [3.8, 4) is 5.75 Å². The highest BCUT2D eigenvalue weighted by atomic mass is 79.9. The van der Waals surface area contributed by atoms with Crippen LogP contribution < -0.4 is 10.1 Å². The second kappa shape index (κ2) is 6.33. The Hall–Kier alpha value is -1.88. The molecule has 0 aliphatic heterocycles. The zero-order chi connectivity index (χ0) is 13.7. The predicted molar refractivity (Wildman–Crippen MR) is 74.7 cm³/mol. The third-order valence-corrected chi connectivity index (χ3v) is 2.77. The van der Waals surface area contributed by atoms with Crippen molar-refractivity contribution < 1.29 is 13.9 Å². The van der Waals surface area contributed by atoms with E-state index in [2.05, 4.69) is 21.2 Å². The van der Waals surface area contributed by atoms with Crippen LogP contribution >= 0.6 is 15.9 Å². The van der Waals surface area contributed by atoms with Crippen molar-refractivity contribution in [2.45, 2.75) is 0 Å². The maximum Gasteiger partial charge on any atom is 0.262 e. The van der Waals surface area contributed by atoms with Crippen LogP contribution in [0.3, 0.4) is 0 Å². The monoisotopic (exact) mass is 323 g/mol. The van der Waals surface area contributed by atoms with Crippen LogP contribution in [-0.4, -0.2) is 12.5 Å². The van der Waals surface area contributed by atoms with Gasteiger partial charge < -0.3 is 10.1 Å². The Balaban J connectivity index is 1.88. The Labute approximate surface area is 118 Å². The molecule has 0 fully saturated rings. The van der Waals surface area contributed by atoms with Gasteiger partial charge in [-0.25, -0.2) is 4.39 Å². The molecule has 3 nitrogen and oxygen atoms in total. The van der Waals surface area contributed by atoms with E-state index in [0.717, 1.165) is 4.47 Å². The Morgan fingerprint density at radius 1 is 1.21 bits per heavy atom. The number of anilines is 1. The number of rotatable bonds is 4. The minimum absolute atomic E-state index is 0.132. The van der Waals surface area contributed by atoms with Gasteiger partial charge in [-0.1, -0.05) is 28.1 Å². The van der Waals surface area contributed by atoms with Crippen molar-refractivity contribution in [1.82, 2.24) is 0 Å². The minimum Gasteiger partial charge on any atom is -0.484 e. The molecule has 0 bridgehead atoms. The summed E-state index contributed by atoms with van der Waals surface area (Å²) in [5.41, 5.74) is 0.405. The van der Waals surface area contributed by atoms with Crippen LogP contribution in [0.2, 0.25) is 0 Å². The standard InChI is InChI=1S/C14H11BrFNO2/c15-10-3-1-6-13(7-10)19-9-14(18)17-12-5-2-4-11(16)8-12/h1-8H,9H2,(H,17,18). The largest absolute Gasteiger partial charge is 0.484 e. The number of ether oxygens (including phenoxy) is 1. The number of halogens is 2. The normalized spacial score (nSPS) is 10.0. The fourth-order valence-electron chi connectivity index (χ4n) is 1.47. The molecule has 0 spiro atoms. The summed E-state index contributed by atoms with van der Waals surface area (Å²) in [6.45, 7) is -0.132. The molecule has 2 aromatic carbocycles. The van der Waals surface area contributed by atoms with Gasteiger partial charge in [-0.05, 0) is 36.4 Å². The minimum atomic E-state index is -0.397. The van der Waals surface area contributed by atoms with Crippen LogP contribution in [0.15, 0.2) is 53.0 Å². The van der Waals surface area contributed by atoms with Gasteiger partial charge in [0.25, 0.3) is 5.91 Å². The first kappa shape index (κ1) is 13.5. The van der Waals surface area contributed by atoms with Crippen LogP contribution in [0.1, 0.15) is 0 Å². The topological polar surface area (TPSA) is 38.3 Å². The third kappa shape index (κ3) is 4.37. The van der Waals surface area contributed by atoms with Crippen molar-refractivity contribution in [3.63, 3.8) is 0 Å². The van der Waals surface area contributed by atoms with Gasteiger partial charge in [-0.2, -0.15) is 0 Å². The predicted octanol–water partition coefficient (Wildman–Crippen LogP) is 3.61. The van der Waals surface area contributed by atoms with Crippen LogP contribution in [0.25, 0.3) is 0 Å². The van der Waals surface area contributed by atoms with E-state index in [9.17, 15) is 9.18 Å². The van der Waals surface area contributed by atoms with Crippen molar-refractivity contribution in [2.24, 2.45) is 0 Å². The second-order valence-electron chi connectivity index (χ2n) is 3.80. The van der Waals surface area contributed by atoms with Gasteiger partial charge >= 0.3 is 0 Å². The molecule has 0 aromatic heterocycles. The Morgan fingerprint density at radius 3 is 2.74 bits per heavy atom. The van der Waals surface area contributed by atoms with E-state index in [0.29, 0.717) is 11.4 Å². The summed E-state index contributed by atoms with van der Waals surface area (Å²) in [7, 11) is 0. The maximum atomic E-state index is 12.9. The first-order valence-electron chi connectivity index (χ1n) is 5.57. The van der Waals surface area contributed by atoms with Crippen LogP contribution in [0.5, 0.6) is 5.75 Å². The number of carbonyl (C=O) groups is 1. The molecule has 0 heterocycles. The van der Waals surface area contributed by atoms with Gasteiger partial charge in [-0.3, -0.25) is 4.79 Å². The number of hydrogen-bond donors (Lipinski definition) is 1. The van der Waals surface area contributed by atoms with E-state index in [1.54, 1.807) is 18.2 Å². The first-order valence-corrected chi connectivity index (χ1v) is 6.36. The van der Waals surface area contributed by atoms with Crippen LogP contribution in [0, 0.1) is 5.82 Å². The lowest BCUT2D eigenvalue weighted by Crippen LogP contribution is -2.20. The molecule has 2 rings (SSSR count). The van der Waals surface area contributed by atoms with E-state index >= 15 is 0 Å². The molecule has 0 aliphatic rings. The lowest BCUT2D eigenvalue weighted by molar-refractivity contribution is -0.118. The smallest absolute Gasteiger partial charge is 0.262 e. The molecule has 19 heavy (non-hydrogen) atoms. The molecule has 2 aromatic rings. The fourth-order valence-corrected chi connectivity index (χ4v) is 1.85. The number of amides is 1. The van der Waals surface area contributed by atoms with Crippen LogP contribution in [-0.2, 0) is 4.79 Å². The molecular formula is C14H11BrFNO2. The quantitative estimate of drug-likeness (QED) is 0.933. The van der Waals surface area contributed by atoms with Crippen molar-refractivity contribution in [3.05, 3.63) is 58.8 Å². The first-order chi connectivity index (χ1) is 9.13. The number of benzene rings is 2. The van der Waals surface area contributed by atoms with Gasteiger partial charge in [0, 0.05) is 10.2 Å². The average molecular weight is 324 g/mol. The molecule has 0 radical (unpaired) electrons. The van der Waals surface area contributed by atoms with Gasteiger partial charge in [-0.15, -0.1) is 0 Å². The molecule has 0 saturated heterocycles. The summed E-state index contributed by atoms with van der Waals surface area (Å²) in [4.78, 5) is 11.6. The van der Waals surface area contributed by atoms with E-state index in [4.69, 9.17) is 4.74 Å². The van der Waals surface area contributed by atoms with Gasteiger partial charge in [0.15, 0.2) is 6.61 Å². The number of carbonyl (C=O) groups excluding carboxylic acids is 1. The summed E-state index contributed by atoms with van der Waals surface area (Å²) >= 11 is 3.31. The highest BCUT2D eigenvalue weighted by Crippen LogP contribution is 2.17. The van der Waals surface area contributed by atoms with Crippen molar-refractivity contribution in [2.75, 3.05) is 11.9 Å². The summed E-state index contributed by atoms with van der Waals surface area (Å²) in [6.07, 6.45) is 0. The molecule has 0 atom stereocenters. The molecule has 98 valence electrons. The van der Waals surface area contributed by atoms with E-state index in [1.165, 1.54) is 18.2 Å². The lowest BCUT2D eigenvalue weighted by atomic mass is 10.3. The Bertz CT molecular complexity index is 589. The van der Waals surface area contributed by atoms with Gasteiger partial charge in [0.2, 0.25) is 0 Å². The molecule has 1 N–H and O–H groups in total. The Kier molecular flexibility index (Phi) is 4.52. The second-order valence-corrected chi connectivity index (χ2v) is 4.72. The summed E-state index contributed by atoms with van der Waals surface area (Å²) in [5, 5.41) is 2.55. The zero-order valence-corrected chi connectivity index (χ0v) is 11.5. The number of nitrogens with one attached hydrogen (secondary N) is 1. The summed E-state index contributed by atoms with van der Waals surface area (Å²) < 4.78 is 19.1. The molecule has 1 amide bonds. The number of hydrogen-bond acceptors (Lipinski definition) is 2. The third-order valence-electron chi connectivity index (χ3n) is 2.27. The fraction of sp³-hybridized carbons (Fsp3) is 0.0714. The van der Waals surface area contributed by atoms with Crippen molar-refractivity contribution >= 4 is 27.5 Å².